The number of carbonyl (C=O) groups is 2. The third-order valence-corrected chi connectivity index (χ3v) is 4.31. The van der Waals surface area contributed by atoms with Crippen LogP contribution in [0.4, 0.5) is 4.79 Å². The summed E-state index contributed by atoms with van der Waals surface area (Å²) in [5, 5.41) is 14.7. The number of hydrogen-bond donors (Lipinski definition) is 3. The summed E-state index contributed by atoms with van der Waals surface area (Å²) < 4.78 is 5.13. The molecule has 6 nitrogen and oxygen atoms in total. The van der Waals surface area contributed by atoms with Gasteiger partial charge in [-0.2, -0.15) is 0 Å². The van der Waals surface area contributed by atoms with Crippen LogP contribution >= 0.6 is 0 Å². The van der Waals surface area contributed by atoms with Crippen molar-refractivity contribution < 1.29 is 19.4 Å². The van der Waals surface area contributed by atoms with Crippen LogP contribution in [0.2, 0.25) is 0 Å². The molecule has 0 aromatic carbocycles. The predicted octanol–water partition coefficient (Wildman–Crippen LogP) is 1.35. The lowest BCUT2D eigenvalue weighted by molar-refractivity contribution is -0.142. The summed E-state index contributed by atoms with van der Waals surface area (Å²) in [7, 11) is 0. The van der Waals surface area contributed by atoms with Gasteiger partial charge in [0.1, 0.15) is 5.92 Å². The number of nitrogens with one attached hydrogen (secondary N) is 2. The van der Waals surface area contributed by atoms with Crippen LogP contribution in [-0.2, 0) is 9.53 Å². The smallest absolute Gasteiger partial charge is 0.315 e. The molecule has 0 aromatic rings. The van der Waals surface area contributed by atoms with Gasteiger partial charge in [0.15, 0.2) is 0 Å². The highest BCUT2D eigenvalue weighted by Crippen LogP contribution is 2.22. The van der Waals surface area contributed by atoms with Crippen LogP contribution in [0.15, 0.2) is 0 Å². The van der Waals surface area contributed by atoms with Crippen molar-refractivity contribution in [3.63, 3.8) is 0 Å². The third kappa shape index (κ3) is 4.10. The van der Waals surface area contributed by atoms with Crippen molar-refractivity contribution >= 4 is 12.0 Å². The largest absolute Gasteiger partial charge is 0.481 e. The van der Waals surface area contributed by atoms with Crippen molar-refractivity contribution in [2.24, 2.45) is 11.8 Å². The Balaban J connectivity index is 1.78. The van der Waals surface area contributed by atoms with E-state index in [9.17, 15) is 9.59 Å². The molecule has 1 heterocycles. The van der Waals surface area contributed by atoms with Gasteiger partial charge in [0.25, 0.3) is 0 Å². The Bertz CT molecular complexity index is 361. The van der Waals surface area contributed by atoms with Crippen molar-refractivity contribution in [2.75, 3.05) is 13.2 Å². The van der Waals surface area contributed by atoms with Crippen molar-refractivity contribution in [3.8, 4) is 0 Å². The summed E-state index contributed by atoms with van der Waals surface area (Å²) in [4.78, 5) is 23.0. The number of carbonyl (C=O) groups excluding carboxylic acids is 1. The monoisotopic (exact) mass is 284 g/mol. The molecule has 1 aliphatic heterocycles. The third-order valence-electron chi connectivity index (χ3n) is 4.31. The average molecular weight is 284 g/mol. The van der Waals surface area contributed by atoms with Crippen LogP contribution in [0.1, 0.15) is 39.0 Å². The van der Waals surface area contributed by atoms with Gasteiger partial charge in [-0.25, -0.2) is 4.79 Å². The first-order valence-electron chi connectivity index (χ1n) is 7.44. The molecule has 4 unspecified atom stereocenters. The lowest BCUT2D eigenvalue weighted by Crippen LogP contribution is -2.49. The molecule has 1 saturated carbocycles. The minimum atomic E-state index is -0.920. The molecule has 2 fully saturated rings. The molecule has 6 heteroatoms. The van der Waals surface area contributed by atoms with Crippen molar-refractivity contribution in [1.82, 2.24) is 10.6 Å². The molecule has 1 aliphatic carbocycles. The quantitative estimate of drug-likeness (QED) is 0.683. The summed E-state index contributed by atoms with van der Waals surface area (Å²) in [6.45, 7) is 2.68. The van der Waals surface area contributed by atoms with Crippen LogP contribution in [0.3, 0.4) is 0 Å². The lowest BCUT2D eigenvalue weighted by Gasteiger charge is -2.20. The first-order valence-corrected chi connectivity index (χ1v) is 7.44. The summed E-state index contributed by atoms with van der Waals surface area (Å²) in [6, 6.07) is -0.506. The molecular weight excluding hydrogens is 260 g/mol. The van der Waals surface area contributed by atoms with Gasteiger partial charge in [-0.1, -0.05) is 19.8 Å². The standard InChI is InChI=1S/C14H24N2O4/c1-9-3-2-4-10(6-5-9)15-14(19)16-12-8-20-7-11(12)13(17)18/h9-12H,2-8H2,1H3,(H,17,18)(H2,15,16,19). The molecule has 0 bridgehead atoms. The Kier molecular flexibility index (Phi) is 5.23. The van der Waals surface area contributed by atoms with Crippen LogP contribution in [0, 0.1) is 11.8 Å². The predicted molar refractivity (Wildman–Crippen MR) is 73.4 cm³/mol. The fraction of sp³-hybridized carbons (Fsp3) is 0.857. The van der Waals surface area contributed by atoms with E-state index in [1.165, 1.54) is 6.42 Å². The number of ether oxygens (including phenoxy) is 1. The average Bonchev–Trinajstić information content (AvgIpc) is 2.74. The molecule has 114 valence electrons. The van der Waals surface area contributed by atoms with Crippen LogP contribution in [0.5, 0.6) is 0 Å². The normalized spacial score (nSPS) is 34.2. The molecule has 2 aliphatic rings. The molecule has 0 spiro atoms. The minimum Gasteiger partial charge on any atom is -0.481 e. The van der Waals surface area contributed by atoms with Crippen molar-refractivity contribution in [2.45, 2.75) is 51.1 Å². The molecule has 2 rings (SSSR count). The fourth-order valence-corrected chi connectivity index (χ4v) is 2.97. The second kappa shape index (κ2) is 6.92. The van der Waals surface area contributed by atoms with E-state index in [0.29, 0.717) is 0 Å². The molecule has 0 aromatic heterocycles. The van der Waals surface area contributed by atoms with E-state index >= 15 is 0 Å². The number of rotatable bonds is 3. The maximum Gasteiger partial charge on any atom is 0.315 e. The molecule has 20 heavy (non-hydrogen) atoms. The van der Waals surface area contributed by atoms with E-state index in [-0.39, 0.29) is 25.3 Å². The minimum absolute atomic E-state index is 0.168. The van der Waals surface area contributed by atoms with Crippen molar-refractivity contribution in [3.05, 3.63) is 0 Å². The van der Waals surface area contributed by atoms with E-state index in [1.807, 2.05) is 0 Å². The number of hydrogen-bond acceptors (Lipinski definition) is 3. The highest BCUT2D eigenvalue weighted by atomic mass is 16.5. The SMILES string of the molecule is CC1CCCC(NC(=O)NC2COCC2C(=O)O)CC1. The van der Waals surface area contributed by atoms with Gasteiger partial charge in [0.05, 0.1) is 19.3 Å². The number of aliphatic carboxylic acids is 1. The zero-order valence-corrected chi connectivity index (χ0v) is 11.9. The molecular formula is C14H24N2O4. The second-order valence-electron chi connectivity index (χ2n) is 6.02. The first kappa shape index (κ1) is 15.1. The second-order valence-corrected chi connectivity index (χ2v) is 6.02. The highest BCUT2D eigenvalue weighted by molar-refractivity contribution is 5.77. The zero-order valence-electron chi connectivity index (χ0n) is 11.9. The summed E-state index contributed by atoms with van der Waals surface area (Å²) >= 11 is 0. The molecule has 4 atom stereocenters. The van der Waals surface area contributed by atoms with Gasteiger partial charge < -0.3 is 20.5 Å². The zero-order chi connectivity index (χ0) is 14.5. The Morgan fingerprint density at radius 1 is 1.10 bits per heavy atom. The Labute approximate surface area is 119 Å². The molecule has 1 saturated heterocycles. The highest BCUT2D eigenvalue weighted by Gasteiger charge is 2.35. The number of amides is 2. The number of carboxylic acids is 1. The van der Waals surface area contributed by atoms with Gasteiger partial charge >= 0.3 is 12.0 Å². The first-order chi connectivity index (χ1) is 9.56. The Morgan fingerprint density at radius 2 is 1.90 bits per heavy atom. The Hall–Kier alpha value is -1.30. The van der Waals surface area contributed by atoms with E-state index in [0.717, 1.165) is 31.6 Å². The van der Waals surface area contributed by atoms with Crippen LogP contribution in [0.25, 0.3) is 0 Å². The van der Waals surface area contributed by atoms with Crippen LogP contribution < -0.4 is 10.6 Å². The molecule has 2 amide bonds. The molecule has 3 N–H and O–H groups in total. The summed E-state index contributed by atoms with van der Waals surface area (Å²) in [6.07, 6.45) is 5.49. The van der Waals surface area contributed by atoms with E-state index in [4.69, 9.17) is 9.84 Å². The lowest BCUT2D eigenvalue weighted by atomic mass is 10.0. The fourth-order valence-electron chi connectivity index (χ4n) is 2.97. The number of urea groups is 1. The van der Waals surface area contributed by atoms with E-state index in [2.05, 4.69) is 17.6 Å². The number of carboxylic acid groups (broad SMARTS) is 1. The van der Waals surface area contributed by atoms with Gasteiger partial charge in [-0.15, -0.1) is 0 Å². The van der Waals surface area contributed by atoms with Crippen molar-refractivity contribution in [1.29, 1.82) is 0 Å². The van der Waals surface area contributed by atoms with Gasteiger partial charge in [-0.05, 0) is 25.2 Å². The summed E-state index contributed by atoms with van der Waals surface area (Å²) in [5.74, 6) is -0.838. The van der Waals surface area contributed by atoms with Gasteiger partial charge in [0, 0.05) is 6.04 Å². The Morgan fingerprint density at radius 3 is 2.65 bits per heavy atom. The van der Waals surface area contributed by atoms with E-state index < -0.39 is 17.9 Å². The maximum atomic E-state index is 12.0. The van der Waals surface area contributed by atoms with Crippen LogP contribution in [-0.4, -0.2) is 42.4 Å². The van der Waals surface area contributed by atoms with E-state index in [1.54, 1.807) is 0 Å². The molecule has 0 radical (unpaired) electrons. The summed E-state index contributed by atoms with van der Waals surface area (Å²) in [5.41, 5.74) is 0. The van der Waals surface area contributed by atoms with Gasteiger partial charge in [-0.3, -0.25) is 4.79 Å². The maximum absolute atomic E-state index is 12.0. The topological polar surface area (TPSA) is 87.7 Å². The van der Waals surface area contributed by atoms with Gasteiger partial charge in [0.2, 0.25) is 0 Å².